The number of hydrogen-bond acceptors (Lipinski definition) is 6. The third-order valence-electron chi connectivity index (χ3n) is 5.68. The Hall–Kier alpha value is -3.43. The second kappa shape index (κ2) is 11.6. The minimum absolute atomic E-state index is 0.0952. The van der Waals surface area contributed by atoms with Crippen molar-refractivity contribution in [1.29, 1.82) is 0 Å². The second-order valence-electron chi connectivity index (χ2n) is 8.43. The van der Waals surface area contributed by atoms with Crippen molar-refractivity contribution < 1.29 is 29.0 Å². The zero-order valence-corrected chi connectivity index (χ0v) is 19.7. The van der Waals surface area contributed by atoms with Crippen molar-refractivity contribution in [3.63, 3.8) is 0 Å². The van der Waals surface area contributed by atoms with E-state index in [1.54, 1.807) is 19.0 Å². The predicted octanol–water partition coefficient (Wildman–Crippen LogP) is 2.01. The minimum Gasteiger partial charge on any atom is -0.480 e. The molecule has 9 heteroatoms. The Morgan fingerprint density at radius 2 is 1.62 bits per heavy atom. The van der Waals surface area contributed by atoms with Gasteiger partial charge in [0, 0.05) is 26.1 Å². The Morgan fingerprint density at radius 3 is 2.15 bits per heavy atom. The number of carboxylic acid groups (broad SMARTS) is 1. The number of fused-ring (bicyclic) bond motifs is 3. The van der Waals surface area contributed by atoms with Gasteiger partial charge in [-0.1, -0.05) is 48.5 Å². The van der Waals surface area contributed by atoms with Crippen LogP contribution in [0.3, 0.4) is 0 Å². The van der Waals surface area contributed by atoms with Gasteiger partial charge < -0.3 is 29.7 Å². The van der Waals surface area contributed by atoms with E-state index in [2.05, 4.69) is 17.4 Å². The summed E-state index contributed by atoms with van der Waals surface area (Å²) < 4.78 is 10.6. The zero-order valence-electron chi connectivity index (χ0n) is 19.7. The maximum atomic E-state index is 13.1. The average molecular weight is 470 g/mol. The first-order valence-electron chi connectivity index (χ1n) is 11.1. The van der Waals surface area contributed by atoms with E-state index in [0.717, 1.165) is 27.2 Å². The number of amides is 2. The molecule has 34 heavy (non-hydrogen) atoms. The van der Waals surface area contributed by atoms with Gasteiger partial charge in [-0.05, 0) is 36.3 Å². The molecule has 0 aliphatic heterocycles. The van der Waals surface area contributed by atoms with Crippen molar-refractivity contribution in [3.8, 4) is 11.1 Å². The van der Waals surface area contributed by atoms with E-state index in [4.69, 9.17) is 9.47 Å². The van der Waals surface area contributed by atoms with Gasteiger partial charge in [0.2, 0.25) is 5.91 Å². The molecule has 0 heterocycles. The van der Waals surface area contributed by atoms with Crippen LogP contribution in [-0.2, 0) is 19.1 Å². The highest BCUT2D eigenvalue weighted by atomic mass is 16.5. The number of alkyl carbamates (subject to hydrolysis) is 1. The number of hydrogen-bond donors (Lipinski definition) is 2. The zero-order chi connectivity index (χ0) is 24.7. The van der Waals surface area contributed by atoms with Crippen LogP contribution in [0.1, 0.15) is 17.0 Å². The van der Waals surface area contributed by atoms with Gasteiger partial charge in [-0.15, -0.1) is 0 Å². The first kappa shape index (κ1) is 25.2. The molecule has 3 rings (SSSR count). The molecule has 2 aromatic rings. The van der Waals surface area contributed by atoms with Crippen molar-refractivity contribution >= 4 is 18.0 Å². The molecule has 0 spiro atoms. The van der Waals surface area contributed by atoms with Gasteiger partial charge in [0.05, 0.1) is 6.61 Å². The number of ether oxygens (including phenoxy) is 2. The van der Waals surface area contributed by atoms with E-state index in [0.29, 0.717) is 0 Å². The van der Waals surface area contributed by atoms with E-state index in [9.17, 15) is 19.5 Å². The summed E-state index contributed by atoms with van der Waals surface area (Å²) in [6, 6.07) is 15.1. The van der Waals surface area contributed by atoms with Crippen molar-refractivity contribution in [2.24, 2.45) is 0 Å². The molecule has 1 aliphatic carbocycles. The van der Waals surface area contributed by atoms with E-state index in [1.165, 1.54) is 7.11 Å². The van der Waals surface area contributed by atoms with E-state index in [-0.39, 0.29) is 32.2 Å². The van der Waals surface area contributed by atoms with Crippen LogP contribution in [-0.4, -0.2) is 93.0 Å². The number of carbonyl (C=O) groups excluding carboxylic acids is 2. The van der Waals surface area contributed by atoms with Gasteiger partial charge in [0.1, 0.15) is 19.2 Å². The van der Waals surface area contributed by atoms with E-state index >= 15 is 0 Å². The first-order chi connectivity index (χ1) is 16.3. The second-order valence-corrected chi connectivity index (χ2v) is 8.43. The number of aliphatic carboxylic acids is 1. The van der Waals surface area contributed by atoms with Crippen molar-refractivity contribution in [3.05, 3.63) is 59.7 Å². The quantitative estimate of drug-likeness (QED) is 0.518. The third kappa shape index (κ3) is 6.12. The molecule has 2 N–H and O–H groups in total. The SMILES string of the molecule is COCCN(CC(=O)O)C(=O)C(CN(C)C)NC(=O)OCC1c2ccccc2-c2ccccc21. The van der Waals surface area contributed by atoms with E-state index < -0.39 is 30.6 Å². The monoisotopic (exact) mass is 469 g/mol. The molecule has 1 aliphatic rings. The number of carboxylic acids is 1. The van der Waals surface area contributed by atoms with Crippen LogP contribution in [0.2, 0.25) is 0 Å². The molecule has 182 valence electrons. The Bertz CT molecular complexity index is 980. The Labute approximate surface area is 199 Å². The first-order valence-corrected chi connectivity index (χ1v) is 11.1. The lowest BCUT2D eigenvalue weighted by Crippen LogP contribution is -2.54. The Balaban J connectivity index is 1.69. The third-order valence-corrected chi connectivity index (χ3v) is 5.68. The number of nitrogens with one attached hydrogen (secondary N) is 1. The highest BCUT2D eigenvalue weighted by molar-refractivity contribution is 5.88. The van der Waals surface area contributed by atoms with Crippen LogP contribution in [0.15, 0.2) is 48.5 Å². The molecule has 9 nitrogen and oxygen atoms in total. The van der Waals surface area contributed by atoms with Crippen molar-refractivity contribution in [2.75, 3.05) is 54.1 Å². The lowest BCUT2D eigenvalue weighted by atomic mass is 9.98. The summed E-state index contributed by atoms with van der Waals surface area (Å²) in [5.74, 6) is -1.76. The lowest BCUT2D eigenvalue weighted by Gasteiger charge is -2.28. The van der Waals surface area contributed by atoms with Crippen LogP contribution in [0, 0.1) is 0 Å². The average Bonchev–Trinajstić information content (AvgIpc) is 3.13. The summed E-state index contributed by atoms with van der Waals surface area (Å²) in [5, 5.41) is 11.8. The maximum Gasteiger partial charge on any atom is 0.407 e. The number of benzene rings is 2. The molecule has 2 aromatic carbocycles. The molecule has 2 amide bonds. The minimum atomic E-state index is -1.14. The molecule has 0 fully saturated rings. The van der Waals surface area contributed by atoms with Gasteiger partial charge in [-0.3, -0.25) is 9.59 Å². The molecular weight excluding hydrogens is 438 g/mol. The normalized spacial score (nSPS) is 13.2. The molecule has 0 bridgehead atoms. The smallest absolute Gasteiger partial charge is 0.407 e. The molecule has 0 saturated heterocycles. The number of carbonyl (C=O) groups is 3. The molecule has 0 radical (unpaired) electrons. The van der Waals surface area contributed by atoms with E-state index in [1.807, 2.05) is 36.4 Å². The van der Waals surface area contributed by atoms with Crippen LogP contribution in [0.25, 0.3) is 11.1 Å². The highest BCUT2D eigenvalue weighted by Gasteiger charge is 2.31. The summed E-state index contributed by atoms with van der Waals surface area (Å²) >= 11 is 0. The molecular formula is C25H31N3O6. The molecule has 1 unspecified atom stereocenters. The predicted molar refractivity (Wildman–Crippen MR) is 127 cm³/mol. The fraction of sp³-hybridized carbons (Fsp3) is 0.400. The van der Waals surface area contributed by atoms with Crippen LogP contribution >= 0.6 is 0 Å². The number of rotatable bonds is 11. The summed E-state index contributed by atoms with van der Waals surface area (Å²) in [5.41, 5.74) is 4.42. The number of nitrogens with zero attached hydrogens (tertiary/aromatic N) is 2. The summed E-state index contributed by atoms with van der Waals surface area (Å²) in [6.07, 6.45) is -0.732. The Kier molecular flexibility index (Phi) is 8.61. The van der Waals surface area contributed by atoms with Crippen molar-refractivity contribution in [1.82, 2.24) is 15.1 Å². The van der Waals surface area contributed by atoms with Crippen LogP contribution in [0.4, 0.5) is 4.79 Å². The fourth-order valence-corrected chi connectivity index (χ4v) is 4.19. The largest absolute Gasteiger partial charge is 0.480 e. The van der Waals surface area contributed by atoms with Gasteiger partial charge in [-0.25, -0.2) is 4.79 Å². The maximum absolute atomic E-state index is 13.1. The van der Waals surface area contributed by atoms with Gasteiger partial charge >= 0.3 is 12.1 Å². The highest BCUT2D eigenvalue weighted by Crippen LogP contribution is 2.44. The van der Waals surface area contributed by atoms with Crippen LogP contribution < -0.4 is 5.32 Å². The molecule has 1 atom stereocenters. The van der Waals surface area contributed by atoms with Gasteiger partial charge in [-0.2, -0.15) is 0 Å². The summed E-state index contributed by atoms with van der Waals surface area (Å²) in [6.45, 7) is 0.0897. The number of methoxy groups -OCH3 is 1. The number of likely N-dealkylation sites (N-methyl/N-ethyl adjacent to an activating group) is 1. The summed E-state index contributed by atoms with van der Waals surface area (Å²) in [4.78, 5) is 39.9. The summed E-state index contributed by atoms with van der Waals surface area (Å²) in [7, 11) is 4.99. The topological polar surface area (TPSA) is 108 Å². The lowest BCUT2D eigenvalue weighted by molar-refractivity contribution is -0.145. The standard InChI is InChI=1S/C25H31N3O6/c1-27(2)14-22(24(31)28(12-13-33-3)15-23(29)30)26-25(32)34-16-21-19-10-6-4-8-17(19)18-9-5-7-11-20(18)21/h4-11,21-22H,12-16H2,1-3H3,(H,26,32)(H,29,30). The molecule has 0 aromatic heterocycles. The fourth-order valence-electron chi connectivity index (χ4n) is 4.19. The van der Waals surface area contributed by atoms with Crippen LogP contribution in [0.5, 0.6) is 0 Å². The van der Waals surface area contributed by atoms with Gasteiger partial charge in [0.25, 0.3) is 0 Å². The van der Waals surface area contributed by atoms with Crippen molar-refractivity contribution in [2.45, 2.75) is 12.0 Å². The Morgan fingerprint density at radius 1 is 1.03 bits per heavy atom. The molecule has 0 saturated carbocycles. The van der Waals surface area contributed by atoms with Gasteiger partial charge in [0.15, 0.2) is 0 Å².